The molecule has 100 valence electrons. The van der Waals surface area contributed by atoms with Gasteiger partial charge in [0, 0.05) is 6.04 Å². The Morgan fingerprint density at radius 3 is 2.39 bits per heavy atom. The van der Waals surface area contributed by atoms with E-state index in [1.807, 2.05) is 6.92 Å². The fourth-order valence-corrected chi connectivity index (χ4v) is 3.74. The summed E-state index contributed by atoms with van der Waals surface area (Å²) in [5, 5.41) is 9.07. The Hall–Kier alpha value is -1.34. The summed E-state index contributed by atoms with van der Waals surface area (Å²) in [5.41, 5.74) is -0.284. The molecule has 6 nitrogen and oxygen atoms in total. The lowest BCUT2D eigenvalue weighted by molar-refractivity contribution is 0.0691. The number of hydrogen-bond donors (Lipinski definition) is 2. The Balaban J connectivity index is 2.46. The molecule has 1 saturated carbocycles. The maximum absolute atomic E-state index is 12.2. The van der Waals surface area contributed by atoms with Gasteiger partial charge in [0.15, 0.2) is 0 Å². The van der Waals surface area contributed by atoms with Gasteiger partial charge in [0.05, 0.1) is 0 Å². The molecule has 0 spiro atoms. The van der Waals surface area contributed by atoms with Crippen LogP contribution in [0, 0.1) is 19.8 Å². The lowest BCUT2D eigenvalue weighted by Crippen LogP contribution is -2.28. The lowest BCUT2D eigenvalue weighted by Gasteiger charge is -2.05. The number of nitrogens with one attached hydrogen (secondary N) is 1. The largest absolute Gasteiger partial charge is 0.478 e. The summed E-state index contributed by atoms with van der Waals surface area (Å²) in [5.74, 6) is -0.801. The highest BCUT2D eigenvalue weighted by Gasteiger charge is 2.39. The first-order valence-corrected chi connectivity index (χ1v) is 7.08. The molecule has 2 rings (SSSR count). The van der Waals surface area contributed by atoms with Gasteiger partial charge in [-0.25, -0.2) is 17.9 Å². The highest BCUT2D eigenvalue weighted by atomic mass is 32.2. The highest BCUT2D eigenvalue weighted by molar-refractivity contribution is 7.89. The van der Waals surface area contributed by atoms with Crippen molar-refractivity contribution in [3.8, 4) is 0 Å². The smallest absolute Gasteiger partial charge is 0.340 e. The Morgan fingerprint density at radius 1 is 1.39 bits per heavy atom. The predicted molar refractivity (Wildman–Crippen MR) is 63.0 cm³/mol. The van der Waals surface area contributed by atoms with Crippen LogP contribution in [0.5, 0.6) is 0 Å². The van der Waals surface area contributed by atoms with E-state index in [2.05, 4.69) is 4.72 Å². The number of rotatable bonds is 4. The van der Waals surface area contributed by atoms with Crippen molar-refractivity contribution in [2.45, 2.75) is 38.1 Å². The molecule has 2 N–H and O–H groups in total. The fourth-order valence-electron chi connectivity index (χ4n) is 1.98. The fraction of sp³-hybridized carbons (Fsp3) is 0.545. The monoisotopic (exact) mass is 273 g/mol. The molecule has 1 aliphatic carbocycles. The molecule has 7 heteroatoms. The first-order chi connectivity index (χ1) is 8.24. The molecule has 1 aliphatic rings. The lowest BCUT2D eigenvalue weighted by atomic mass is 10.2. The van der Waals surface area contributed by atoms with Gasteiger partial charge in [0.1, 0.15) is 22.0 Å². The number of aryl methyl sites for hydroxylation is 2. The molecule has 1 aromatic rings. The van der Waals surface area contributed by atoms with Crippen LogP contribution in [0.2, 0.25) is 0 Å². The van der Waals surface area contributed by atoms with Gasteiger partial charge in [-0.05, 0) is 26.2 Å². The van der Waals surface area contributed by atoms with Crippen LogP contribution in [0.3, 0.4) is 0 Å². The van der Waals surface area contributed by atoms with Gasteiger partial charge in [-0.1, -0.05) is 6.92 Å². The van der Waals surface area contributed by atoms with Crippen molar-refractivity contribution in [1.82, 2.24) is 4.72 Å². The predicted octanol–water partition coefficient (Wildman–Crippen LogP) is 1.28. The number of carboxylic acids is 1. The zero-order valence-electron chi connectivity index (χ0n) is 10.4. The molecule has 0 radical (unpaired) electrons. The van der Waals surface area contributed by atoms with Crippen molar-refractivity contribution in [3.05, 3.63) is 17.1 Å². The Morgan fingerprint density at radius 2 is 1.94 bits per heavy atom. The second kappa shape index (κ2) is 4.10. The van der Waals surface area contributed by atoms with Gasteiger partial charge in [-0.15, -0.1) is 0 Å². The van der Waals surface area contributed by atoms with Crippen LogP contribution >= 0.6 is 0 Å². The van der Waals surface area contributed by atoms with Crippen LogP contribution in [0.25, 0.3) is 0 Å². The summed E-state index contributed by atoms with van der Waals surface area (Å²) in [7, 11) is -3.84. The second-order valence-electron chi connectivity index (χ2n) is 4.66. The normalized spacial score (nSPS) is 23.1. The van der Waals surface area contributed by atoms with Crippen molar-refractivity contribution in [3.63, 3.8) is 0 Å². The molecule has 0 amide bonds. The minimum atomic E-state index is -3.84. The highest BCUT2D eigenvalue weighted by Crippen LogP contribution is 2.33. The van der Waals surface area contributed by atoms with Gasteiger partial charge in [0.25, 0.3) is 0 Å². The molecule has 2 atom stereocenters. The molecule has 0 saturated heterocycles. The van der Waals surface area contributed by atoms with Crippen molar-refractivity contribution in [1.29, 1.82) is 0 Å². The number of furan rings is 1. The van der Waals surface area contributed by atoms with E-state index in [1.165, 1.54) is 13.8 Å². The van der Waals surface area contributed by atoms with Crippen molar-refractivity contribution < 1.29 is 22.7 Å². The van der Waals surface area contributed by atoms with E-state index in [1.54, 1.807) is 0 Å². The Bertz CT molecular complexity index is 601. The second-order valence-corrected chi connectivity index (χ2v) is 6.32. The summed E-state index contributed by atoms with van der Waals surface area (Å²) in [4.78, 5) is 10.9. The maximum Gasteiger partial charge on any atom is 0.340 e. The van der Waals surface area contributed by atoms with E-state index in [0.29, 0.717) is 5.92 Å². The molecule has 18 heavy (non-hydrogen) atoms. The van der Waals surface area contributed by atoms with Crippen LogP contribution in [0.4, 0.5) is 0 Å². The van der Waals surface area contributed by atoms with E-state index < -0.39 is 16.0 Å². The molecule has 2 unspecified atom stereocenters. The van der Waals surface area contributed by atoms with Gasteiger partial charge in [0.2, 0.25) is 10.0 Å². The topological polar surface area (TPSA) is 96.6 Å². The average Bonchev–Trinajstić information content (AvgIpc) is 2.75. The Kier molecular flexibility index (Phi) is 2.98. The first-order valence-electron chi connectivity index (χ1n) is 5.59. The van der Waals surface area contributed by atoms with Crippen molar-refractivity contribution in [2.75, 3.05) is 0 Å². The third-order valence-electron chi connectivity index (χ3n) is 3.10. The number of carbonyl (C=O) groups is 1. The van der Waals surface area contributed by atoms with Crippen LogP contribution in [0.1, 0.15) is 35.2 Å². The maximum atomic E-state index is 12.2. The van der Waals surface area contributed by atoms with Crippen LogP contribution in [0.15, 0.2) is 9.31 Å². The zero-order chi connectivity index (χ0) is 13.7. The van der Waals surface area contributed by atoms with Crippen molar-refractivity contribution in [2.24, 2.45) is 5.92 Å². The van der Waals surface area contributed by atoms with E-state index in [-0.39, 0.29) is 28.0 Å². The van der Waals surface area contributed by atoms with E-state index >= 15 is 0 Å². The van der Waals surface area contributed by atoms with Gasteiger partial charge in [-0.3, -0.25) is 0 Å². The minimum Gasteiger partial charge on any atom is -0.478 e. The number of sulfonamides is 1. The molecule has 0 aromatic carbocycles. The molecular formula is C11H15NO5S. The quantitative estimate of drug-likeness (QED) is 0.861. The third-order valence-corrected chi connectivity index (χ3v) is 4.75. The molecule has 0 bridgehead atoms. The van der Waals surface area contributed by atoms with Crippen molar-refractivity contribution >= 4 is 16.0 Å². The number of carboxylic acid groups (broad SMARTS) is 1. The average molecular weight is 273 g/mol. The summed E-state index contributed by atoms with van der Waals surface area (Å²) >= 11 is 0. The van der Waals surface area contributed by atoms with Gasteiger partial charge in [-0.2, -0.15) is 0 Å². The molecule has 1 aromatic heterocycles. The summed E-state index contributed by atoms with van der Waals surface area (Å²) < 4.78 is 31.9. The van der Waals surface area contributed by atoms with E-state index in [4.69, 9.17) is 9.52 Å². The molecule has 1 fully saturated rings. The summed E-state index contributed by atoms with van der Waals surface area (Å²) in [6.45, 7) is 4.82. The SMILES string of the molecule is Cc1oc(C)c(S(=O)(=O)NC2CC2C)c1C(=O)O. The van der Waals surface area contributed by atoms with Crippen LogP contribution in [-0.2, 0) is 10.0 Å². The third kappa shape index (κ3) is 2.15. The van der Waals surface area contributed by atoms with Gasteiger partial charge >= 0.3 is 5.97 Å². The first kappa shape index (κ1) is 13.1. The standard InChI is InChI=1S/C11H15NO5S/c1-5-4-8(5)12-18(15,16)10-7(3)17-6(2)9(10)11(13)14/h5,8,12H,4H2,1-3H3,(H,13,14). The zero-order valence-corrected chi connectivity index (χ0v) is 11.2. The van der Waals surface area contributed by atoms with Crippen LogP contribution in [-0.4, -0.2) is 25.5 Å². The minimum absolute atomic E-state index is 0.101. The number of hydrogen-bond acceptors (Lipinski definition) is 4. The summed E-state index contributed by atoms with van der Waals surface area (Å²) in [6, 6.07) is -0.105. The van der Waals surface area contributed by atoms with Crippen LogP contribution < -0.4 is 4.72 Å². The molecular weight excluding hydrogens is 258 g/mol. The van der Waals surface area contributed by atoms with E-state index in [9.17, 15) is 13.2 Å². The Labute approximate surface area is 105 Å². The van der Waals surface area contributed by atoms with E-state index in [0.717, 1.165) is 6.42 Å². The van der Waals surface area contributed by atoms with Gasteiger partial charge < -0.3 is 9.52 Å². The molecule has 0 aliphatic heterocycles. The molecule has 1 heterocycles. The summed E-state index contributed by atoms with van der Waals surface area (Å²) in [6.07, 6.45) is 0.775. The number of aromatic carboxylic acids is 1.